The molecule has 2 aliphatic rings. The molecule has 6 rings (SSSR count). The number of hydrogen-bond donors (Lipinski definition) is 0. The number of carbonyl (C=O) groups is 1. The summed E-state index contributed by atoms with van der Waals surface area (Å²) in [5.74, 6) is 0.594. The molecule has 1 atom stereocenters. The van der Waals surface area contributed by atoms with Crippen molar-refractivity contribution in [3.8, 4) is 11.5 Å². The van der Waals surface area contributed by atoms with Gasteiger partial charge in [0.05, 0.1) is 0 Å². The Hall–Kier alpha value is -4.78. The quantitative estimate of drug-likeness (QED) is 0.359. The third-order valence-electron chi connectivity index (χ3n) is 7.04. The van der Waals surface area contributed by atoms with Crippen LogP contribution in [0.1, 0.15) is 39.6 Å². The summed E-state index contributed by atoms with van der Waals surface area (Å²) in [6.45, 7) is 1.44. The summed E-state index contributed by atoms with van der Waals surface area (Å²) in [7, 11) is 0. The molecule has 7 nitrogen and oxygen atoms in total. The number of carbonyl (C=O) groups excluding carboxylic acids is 1. The molecule has 0 aliphatic carbocycles. The van der Waals surface area contributed by atoms with E-state index in [1.54, 1.807) is 15.8 Å². The maximum atomic E-state index is 13.9. The third-order valence-corrected chi connectivity index (χ3v) is 7.04. The van der Waals surface area contributed by atoms with Gasteiger partial charge in [0.2, 0.25) is 5.43 Å². The van der Waals surface area contributed by atoms with Gasteiger partial charge in [-0.25, -0.2) is 0 Å². The van der Waals surface area contributed by atoms with Gasteiger partial charge in [0.1, 0.15) is 31.7 Å². The lowest BCUT2D eigenvalue weighted by molar-refractivity contribution is 0.0679. The molecule has 0 unspecified atom stereocenters. The Bertz CT molecular complexity index is 1550. The van der Waals surface area contributed by atoms with E-state index in [2.05, 4.69) is 23.2 Å². The van der Waals surface area contributed by atoms with Crippen molar-refractivity contribution in [3.63, 3.8) is 0 Å². The molecule has 3 aromatic carbocycles. The fraction of sp³-hybridized carbons (Fsp3) is 0.188. The van der Waals surface area contributed by atoms with Gasteiger partial charge in [-0.3, -0.25) is 19.3 Å². The molecule has 0 saturated heterocycles. The summed E-state index contributed by atoms with van der Waals surface area (Å²) in [5, 5.41) is 2.11. The number of para-hydroxylation sites is 1. The molecule has 1 amide bonds. The first-order chi connectivity index (χ1) is 19.2. The van der Waals surface area contributed by atoms with Crippen molar-refractivity contribution in [1.29, 1.82) is 0 Å². The highest BCUT2D eigenvalue weighted by molar-refractivity contribution is 5.96. The molecule has 0 radical (unpaired) electrons. The van der Waals surface area contributed by atoms with Crippen molar-refractivity contribution in [3.05, 3.63) is 142 Å². The van der Waals surface area contributed by atoms with Gasteiger partial charge in [-0.15, -0.1) is 0 Å². The molecule has 7 heteroatoms. The standard InChI is InChI=1S/C32H29N3O4/c36-27-18-20-34-30(31(27)39-22-24-12-4-1-5-13-24)32(37)33-19-10-3-11-21-38-28-17-9-8-16-26(28)29(35(34)23-33)25-14-6-2-7-15-25/h1-9,11-18,20,29H,10,19,21-23H2/b11-3+/t29-/m1/s1. The molecular weight excluding hydrogens is 490 g/mol. The zero-order chi connectivity index (χ0) is 26.6. The Morgan fingerprint density at radius 2 is 1.59 bits per heavy atom. The van der Waals surface area contributed by atoms with Crippen molar-refractivity contribution in [2.24, 2.45) is 0 Å². The van der Waals surface area contributed by atoms with E-state index in [0.717, 1.165) is 22.4 Å². The van der Waals surface area contributed by atoms with Crippen LogP contribution in [0.2, 0.25) is 0 Å². The number of pyridine rings is 1. The highest BCUT2D eigenvalue weighted by atomic mass is 16.5. The second-order valence-electron chi connectivity index (χ2n) is 9.55. The molecule has 0 spiro atoms. The maximum absolute atomic E-state index is 13.9. The molecule has 1 aromatic heterocycles. The first-order valence-corrected chi connectivity index (χ1v) is 13.1. The van der Waals surface area contributed by atoms with E-state index in [-0.39, 0.29) is 35.4 Å². The average Bonchev–Trinajstić information content (AvgIpc) is 2.97. The number of ether oxygens (including phenoxy) is 2. The Morgan fingerprint density at radius 1 is 0.846 bits per heavy atom. The summed E-state index contributed by atoms with van der Waals surface area (Å²) >= 11 is 0. The second-order valence-corrected chi connectivity index (χ2v) is 9.55. The van der Waals surface area contributed by atoms with E-state index in [1.807, 2.05) is 78.9 Å². The summed E-state index contributed by atoms with van der Waals surface area (Å²) in [6, 6.07) is 28.9. The van der Waals surface area contributed by atoms with Crippen LogP contribution in [-0.2, 0) is 6.61 Å². The molecule has 3 heterocycles. The molecule has 0 N–H and O–H groups in total. The predicted molar refractivity (Wildman–Crippen MR) is 150 cm³/mol. The fourth-order valence-electron chi connectivity index (χ4n) is 5.16. The van der Waals surface area contributed by atoms with Crippen molar-refractivity contribution < 1.29 is 14.3 Å². The number of hydrogen-bond acceptors (Lipinski definition) is 5. The van der Waals surface area contributed by atoms with Gasteiger partial charge in [0.25, 0.3) is 5.91 Å². The number of rotatable bonds is 4. The minimum Gasteiger partial charge on any atom is -0.489 e. The van der Waals surface area contributed by atoms with Gasteiger partial charge >= 0.3 is 0 Å². The Kier molecular flexibility index (Phi) is 6.87. The highest BCUT2D eigenvalue weighted by Crippen LogP contribution is 2.37. The van der Waals surface area contributed by atoms with Gasteiger partial charge in [-0.1, -0.05) is 91.0 Å². The highest BCUT2D eigenvalue weighted by Gasteiger charge is 2.37. The van der Waals surface area contributed by atoms with E-state index in [9.17, 15) is 9.59 Å². The first kappa shape index (κ1) is 24.6. The zero-order valence-corrected chi connectivity index (χ0v) is 21.5. The summed E-state index contributed by atoms with van der Waals surface area (Å²) in [5.41, 5.74) is 2.81. The van der Waals surface area contributed by atoms with Crippen LogP contribution in [0.3, 0.4) is 0 Å². The number of amides is 1. The molecule has 2 aliphatic heterocycles. The van der Waals surface area contributed by atoms with Crippen molar-refractivity contribution >= 4 is 5.91 Å². The van der Waals surface area contributed by atoms with E-state index in [4.69, 9.17) is 9.47 Å². The SMILES string of the molecule is O=C1c2c(OCc3ccccc3)c(=O)ccn2N2CN1CC/C=C/COc1ccccc1[C@H]2c1ccccc1. The smallest absolute Gasteiger partial charge is 0.277 e. The maximum Gasteiger partial charge on any atom is 0.277 e. The third kappa shape index (κ3) is 4.91. The van der Waals surface area contributed by atoms with Crippen LogP contribution in [0.4, 0.5) is 0 Å². The van der Waals surface area contributed by atoms with Crippen LogP contribution < -0.4 is 19.9 Å². The minimum absolute atomic E-state index is 0.0556. The van der Waals surface area contributed by atoms with Gasteiger partial charge in [-0.05, 0) is 23.6 Å². The lowest BCUT2D eigenvalue weighted by Gasteiger charge is -2.44. The summed E-state index contributed by atoms with van der Waals surface area (Å²) in [6.07, 6.45) is 6.34. The van der Waals surface area contributed by atoms with Gasteiger partial charge in [0, 0.05) is 24.4 Å². The average molecular weight is 520 g/mol. The Labute approximate surface area is 227 Å². The lowest BCUT2D eigenvalue weighted by Crippen LogP contribution is -2.55. The molecule has 39 heavy (non-hydrogen) atoms. The first-order valence-electron chi connectivity index (χ1n) is 13.1. The molecule has 196 valence electrons. The number of benzene rings is 3. The van der Waals surface area contributed by atoms with Crippen LogP contribution in [0.5, 0.6) is 11.5 Å². The van der Waals surface area contributed by atoms with Crippen molar-refractivity contribution in [1.82, 2.24) is 9.58 Å². The zero-order valence-electron chi connectivity index (χ0n) is 21.5. The molecule has 4 aromatic rings. The monoisotopic (exact) mass is 519 g/mol. The van der Waals surface area contributed by atoms with Gasteiger partial charge in [-0.2, -0.15) is 0 Å². The minimum atomic E-state index is -0.326. The van der Waals surface area contributed by atoms with Crippen molar-refractivity contribution in [2.45, 2.75) is 19.1 Å². The van der Waals surface area contributed by atoms with E-state index in [0.29, 0.717) is 26.2 Å². The van der Waals surface area contributed by atoms with E-state index >= 15 is 0 Å². The van der Waals surface area contributed by atoms with Crippen molar-refractivity contribution in [2.75, 3.05) is 24.8 Å². The number of nitrogens with zero attached hydrogens (tertiary/aromatic N) is 3. The summed E-state index contributed by atoms with van der Waals surface area (Å²) in [4.78, 5) is 28.9. The van der Waals surface area contributed by atoms with E-state index < -0.39 is 0 Å². The van der Waals surface area contributed by atoms with Gasteiger partial charge < -0.3 is 14.4 Å². The number of fused-ring (bicyclic) bond motifs is 5. The molecule has 0 fully saturated rings. The van der Waals surface area contributed by atoms with Crippen LogP contribution in [-0.4, -0.2) is 35.3 Å². The normalized spacial score (nSPS) is 17.6. The second kappa shape index (κ2) is 10.9. The Balaban J connectivity index is 1.53. The molecule has 0 saturated carbocycles. The Morgan fingerprint density at radius 3 is 2.41 bits per heavy atom. The van der Waals surface area contributed by atoms with Crippen LogP contribution in [0.25, 0.3) is 0 Å². The summed E-state index contributed by atoms with van der Waals surface area (Å²) < 4.78 is 14.1. The largest absolute Gasteiger partial charge is 0.489 e. The fourth-order valence-corrected chi connectivity index (χ4v) is 5.16. The van der Waals surface area contributed by atoms with Gasteiger partial charge in [0.15, 0.2) is 11.4 Å². The topological polar surface area (TPSA) is 64.0 Å². The van der Waals surface area contributed by atoms with Crippen LogP contribution in [0.15, 0.2) is 114 Å². The van der Waals surface area contributed by atoms with E-state index in [1.165, 1.54) is 6.07 Å². The van der Waals surface area contributed by atoms with Crippen LogP contribution in [0, 0.1) is 0 Å². The predicted octanol–water partition coefficient (Wildman–Crippen LogP) is 4.91. The lowest BCUT2D eigenvalue weighted by atomic mass is 9.97. The number of aromatic nitrogens is 1. The van der Waals surface area contributed by atoms with Crippen LogP contribution >= 0.6 is 0 Å². The molecular formula is C32H29N3O4. The molecule has 2 bridgehead atoms.